The van der Waals surface area contributed by atoms with Gasteiger partial charge in [-0.3, -0.25) is 0 Å². The number of oxazole rings is 1. The van der Waals surface area contributed by atoms with E-state index < -0.39 is 0 Å². The highest BCUT2D eigenvalue weighted by Gasteiger charge is 2.01. The van der Waals surface area contributed by atoms with Gasteiger partial charge in [0, 0.05) is 12.4 Å². The predicted octanol–water partition coefficient (Wildman–Crippen LogP) is 2.82. The summed E-state index contributed by atoms with van der Waals surface area (Å²) in [6.07, 6.45) is 5.33. The Bertz CT molecular complexity index is 551. The van der Waals surface area contributed by atoms with Crippen LogP contribution < -0.4 is 0 Å². The van der Waals surface area contributed by atoms with Crippen LogP contribution in [0.3, 0.4) is 0 Å². The van der Waals surface area contributed by atoms with Gasteiger partial charge in [0.25, 0.3) is 0 Å². The number of aromatic nitrogens is 2. The van der Waals surface area contributed by atoms with Crippen LogP contribution >= 0.6 is 0 Å². The van der Waals surface area contributed by atoms with Gasteiger partial charge in [-0.15, -0.1) is 0 Å². The topological polar surface area (TPSA) is 41.8 Å². The molecule has 3 aromatic rings. The second-order valence-electron chi connectivity index (χ2n) is 3.13. The molecule has 0 saturated carbocycles. The van der Waals surface area contributed by atoms with Crippen LogP contribution in [0.1, 0.15) is 0 Å². The Hall–Kier alpha value is -2.03. The van der Waals surface area contributed by atoms with Crippen LogP contribution in [0.4, 0.5) is 0 Å². The number of rotatable bonds is 1. The Morgan fingerprint density at radius 2 is 2.14 bits per heavy atom. The lowest BCUT2D eigenvalue weighted by Gasteiger charge is -1.95. The number of H-pyrrole nitrogens is 1. The molecule has 0 saturated heterocycles. The zero-order chi connectivity index (χ0) is 9.38. The quantitative estimate of drug-likeness (QED) is 0.631. The van der Waals surface area contributed by atoms with E-state index >= 15 is 0 Å². The van der Waals surface area contributed by atoms with Crippen molar-refractivity contribution in [3.63, 3.8) is 0 Å². The van der Waals surface area contributed by atoms with E-state index in [0.717, 1.165) is 22.2 Å². The summed E-state index contributed by atoms with van der Waals surface area (Å²) in [4.78, 5) is 7.14. The van der Waals surface area contributed by atoms with Crippen molar-refractivity contribution in [2.24, 2.45) is 0 Å². The minimum atomic E-state index is 0.823. The van der Waals surface area contributed by atoms with Gasteiger partial charge in [0.2, 0.25) is 0 Å². The Morgan fingerprint density at radius 1 is 1.14 bits per heavy atom. The first-order chi connectivity index (χ1) is 6.93. The molecule has 0 aliphatic carbocycles. The van der Waals surface area contributed by atoms with Crippen LogP contribution in [0, 0.1) is 0 Å². The van der Waals surface area contributed by atoms with E-state index in [2.05, 4.69) is 9.97 Å². The number of hydrogen-bond donors (Lipinski definition) is 1. The van der Waals surface area contributed by atoms with Crippen molar-refractivity contribution in [3.05, 3.63) is 43.1 Å². The van der Waals surface area contributed by atoms with Crippen molar-refractivity contribution in [3.8, 4) is 11.1 Å². The largest absolute Gasteiger partial charge is 0.443 e. The Morgan fingerprint density at radius 3 is 3.00 bits per heavy atom. The minimum Gasteiger partial charge on any atom is -0.443 e. The van der Waals surface area contributed by atoms with Gasteiger partial charge in [-0.25, -0.2) is 4.98 Å². The van der Waals surface area contributed by atoms with E-state index in [0.29, 0.717) is 0 Å². The fraction of sp³-hybridized carbons (Fsp3) is 0. The molecule has 2 heterocycles. The molecule has 0 unspecified atom stereocenters. The van der Waals surface area contributed by atoms with Crippen molar-refractivity contribution < 1.29 is 4.42 Å². The second kappa shape index (κ2) is 2.73. The van der Waals surface area contributed by atoms with Crippen LogP contribution in [-0.2, 0) is 0 Å². The maximum absolute atomic E-state index is 5.17. The van der Waals surface area contributed by atoms with E-state index in [1.165, 1.54) is 6.39 Å². The number of benzene rings is 1. The average Bonchev–Trinajstić information content (AvgIpc) is 2.88. The van der Waals surface area contributed by atoms with Gasteiger partial charge in [-0.1, -0.05) is 6.07 Å². The van der Waals surface area contributed by atoms with Crippen molar-refractivity contribution in [1.29, 1.82) is 0 Å². The molecule has 3 heteroatoms. The van der Waals surface area contributed by atoms with Gasteiger partial charge in [-0.2, -0.15) is 0 Å². The molecule has 1 aromatic carbocycles. The molecule has 3 nitrogen and oxygen atoms in total. The first-order valence-corrected chi connectivity index (χ1v) is 4.40. The maximum atomic E-state index is 5.17. The molecule has 0 aliphatic heterocycles. The van der Waals surface area contributed by atoms with Crippen LogP contribution in [0.5, 0.6) is 0 Å². The molecule has 0 amide bonds. The zero-order valence-corrected chi connectivity index (χ0v) is 7.40. The lowest BCUT2D eigenvalue weighted by molar-refractivity contribution is 0.602. The molecule has 0 aliphatic rings. The Labute approximate surface area is 80.4 Å². The molecule has 0 atom stereocenters. The highest BCUT2D eigenvalue weighted by Crippen LogP contribution is 2.22. The van der Waals surface area contributed by atoms with Gasteiger partial charge in [0.05, 0.1) is 0 Å². The van der Waals surface area contributed by atoms with Gasteiger partial charge in [-0.05, 0) is 29.3 Å². The summed E-state index contributed by atoms with van der Waals surface area (Å²) in [5.41, 5.74) is 4.02. The average molecular weight is 184 g/mol. The van der Waals surface area contributed by atoms with Crippen LogP contribution in [0.25, 0.3) is 22.2 Å². The zero-order valence-electron chi connectivity index (χ0n) is 7.40. The van der Waals surface area contributed by atoms with E-state index in [1.807, 2.05) is 36.7 Å². The Kier molecular flexibility index (Phi) is 1.44. The molecule has 0 spiro atoms. The molecule has 1 N–H and O–H groups in total. The molecule has 68 valence electrons. The summed E-state index contributed by atoms with van der Waals surface area (Å²) < 4.78 is 5.17. The number of nitrogens with zero attached hydrogens (tertiary/aromatic N) is 1. The van der Waals surface area contributed by atoms with Crippen LogP contribution in [0.2, 0.25) is 0 Å². The first-order valence-electron chi connectivity index (χ1n) is 4.40. The van der Waals surface area contributed by atoms with Crippen molar-refractivity contribution in [2.45, 2.75) is 0 Å². The van der Waals surface area contributed by atoms with Crippen molar-refractivity contribution >= 4 is 11.1 Å². The Balaban J connectivity index is 2.23. The van der Waals surface area contributed by atoms with Crippen molar-refractivity contribution in [2.75, 3.05) is 0 Å². The smallest absolute Gasteiger partial charge is 0.181 e. The van der Waals surface area contributed by atoms with E-state index in [4.69, 9.17) is 4.42 Å². The predicted molar refractivity (Wildman–Crippen MR) is 53.8 cm³/mol. The molecule has 0 radical (unpaired) electrons. The molecule has 14 heavy (non-hydrogen) atoms. The van der Waals surface area contributed by atoms with E-state index in [9.17, 15) is 0 Å². The third-order valence-electron chi connectivity index (χ3n) is 2.26. The number of nitrogens with one attached hydrogen (secondary N) is 1. The molecular formula is C11H8N2O. The monoisotopic (exact) mass is 184 g/mol. The third-order valence-corrected chi connectivity index (χ3v) is 2.26. The normalized spacial score (nSPS) is 10.9. The SMILES string of the molecule is c1cc(-c2ccc3ocnc3c2)c[nH]1. The van der Waals surface area contributed by atoms with Gasteiger partial charge in [0.1, 0.15) is 5.52 Å². The highest BCUT2D eigenvalue weighted by atomic mass is 16.3. The summed E-state index contributed by atoms with van der Waals surface area (Å²) >= 11 is 0. The van der Waals surface area contributed by atoms with Crippen LogP contribution in [-0.4, -0.2) is 9.97 Å². The van der Waals surface area contributed by atoms with Gasteiger partial charge < -0.3 is 9.40 Å². The second-order valence-corrected chi connectivity index (χ2v) is 3.13. The van der Waals surface area contributed by atoms with Gasteiger partial charge >= 0.3 is 0 Å². The lowest BCUT2D eigenvalue weighted by Crippen LogP contribution is -1.74. The summed E-state index contributed by atoms with van der Waals surface area (Å²) in [5, 5.41) is 0. The fourth-order valence-electron chi connectivity index (χ4n) is 1.54. The molecule has 2 aromatic heterocycles. The molecule has 0 bridgehead atoms. The lowest BCUT2D eigenvalue weighted by atomic mass is 10.1. The standard InChI is InChI=1S/C11H8N2O/c1-2-11-10(13-7-14-11)5-8(1)9-3-4-12-6-9/h1-7,12H. The van der Waals surface area contributed by atoms with Crippen molar-refractivity contribution in [1.82, 2.24) is 9.97 Å². The summed E-state index contributed by atoms with van der Waals surface area (Å²) in [7, 11) is 0. The summed E-state index contributed by atoms with van der Waals surface area (Å²) in [6.45, 7) is 0. The maximum Gasteiger partial charge on any atom is 0.181 e. The number of fused-ring (bicyclic) bond motifs is 1. The summed E-state index contributed by atoms with van der Waals surface area (Å²) in [6, 6.07) is 8.00. The number of hydrogen-bond acceptors (Lipinski definition) is 2. The summed E-state index contributed by atoms with van der Waals surface area (Å²) in [5.74, 6) is 0. The molecular weight excluding hydrogens is 176 g/mol. The van der Waals surface area contributed by atoms with E-state index in [1.54, 1.807) is 0 Å². The number of aromatic amines is 1. The first kappa shape index (κ1) is 7.38. The fourth-order valence-corrected chi connectivity index (χ4v) is 1.54. The molecule has 0 fully saturated rings. The minimum absolute atomic E-state index is 0.823. The highest BCUT2D eigenvalue weighted by molar-refractivity contribution is 5.79. The third kappa shape index (κ3) is 1.03. The van der Waals surface area contributed by atoms with Crippen LogP contribution in [0.15, 0.2) is 47.5 Å². The molecule has 3 rings (SSSR count). The van der Waals surface area contributed by atoms with Gasteiger partial charge in [0.15, 0.2) is 12.0 Å². The van der Waals surface area contributed by atoms with E-state index in [-0.39, 0.29) is 0 Å².